The zero-order chi connectivity index (χ0) is 16.8. The van der Waals surface area contributed by atoms with Gasteiger partial charge in [-0.05, 0) is 37.0 Å². The zero-order valence-corrected chi connectivity index (χ0v) is 14.0. The predicted molar refractivity (Wildman–Crippen MR) is 93.1 cm³/mol. The van der Waals surface area contributed by atoms with Gasteiger partial charge in [-0.15, -0.1) is 0 Å². The summed E-state index contributed by atoms with van der Waals surface area (Å²) in [7, 11) is 0. The Labute approximate surface area is 138 Å². The van der Waals surface area contributed by atoms with Crippen LogP contribution in [0.5, 0.6) is 0 Å². The molecule has 126 valence electrons. The standard InChI is InChI=1S/C18H27N3O2/c1-12(2)16(19)18(23)21-15-10-6-9-14(11-15)20-17(22)13-7-4-3-5-8-13/h6,9-13,16H,3-5,7-8,19H2,1-2H3,(H,20,22)(H,21,23)/t16-/m0/s1. The molecule has 2 rings (SSSR count). The van der Waals surface area contributed by atoms with Crippen LogP contribution in [0.2, 0.25) is 0 Å². The summed E-state index contributed by atoms with van der Waals surface area (Å²) in [5, 5.41) is 5.76. The average molecular weight is 317 g/mol. The van der Waals surface area contributed by atoms with Crippen molar-refractivity contribution in [3.63, 3.8) is 0 Å². The predicted octanol–water partition coefficient (Wildman–Crippen LogP) is 3.13. The molecule has 4 N–H and O–H groups in total. The van der Waals surface area contributed by atoms with Gasteiger partial charge in [0.25, 0.3) is 0 Å². The molecule has 0 saturated heterocycles. The lowest BCUT2D eigenvalue weighted by Crippen LogP contribution is -2.39. The highest BCUT2D eigenvalue weighted by Crippen LogP contribution is 2.25. The van der Waals surface area contributed by atoms with E-state index in [1.54, 1.807) is 12.1 Å². The van der Waals surface area contributed by atoms with Crippen molar-refractivity contribution in [2.75, 3.05) is 10.6 Å². The van der Waals surface area contributed by atoms with Crippen molar-refractivity contribution in [1.29, 1.82) is 0 Å². The second-order valence-corrected chi connectivity index (χ2v) is 6.66. The second kappa shape index (κ2) is 8.11. The topological polar surface area (TPSA) is 84.2 Å². The van der Waals surface area contributed by atoms with Gasteiger partial charge in [0.15, 0.2) is 0 Å². The minimum Gasteiger partial charge on any atom is -0.326 e. The third kappa shape index (κ3) is 5.06. The zero-order valence-electron chi connectivity index (χ0n) is 14.0. The van der Waals surface area contributed by atoms with Gasteiger partial charge >= 0.3 is 0 Å². The molecule has 0 radical (unpaired) electrons. The number of benzene rings is 1. The SMILES string of the molecule is CC(C)[C@H](N)C(=O)Nc1cccc(NC(=O)C2CCCCC2)c1. The number of amides is 2. The Morgan fingerprint density at radius 3 is 2.30 bits per heavy atom. The van der Waals surface area contributed by atoms with Crippen LogP contribution in [0.1, 0.15) is 46.0 Å². The Kier molecular flexibility index (Phi) is 6.16. The van der Waals surface area contributed by atoms with Gasteiger partial charge in [0.05, 0.1) is 6.04 Å². The van der Waals surface area contributed by atoms with Gasteiger partial charge in [0.2, 0.25) is 11.8 Å². The molecule has 0 spiro atoms. The quantitative estimate of drug-likeness (QED) is 0.780. The van der Waals surface area contributed by atoms with Crippen LogP contribution in [0, 0.1) is 11.8 Å². The van der Waals surface area contributed by atoms with Crippen LogP contribution < -0.4 is 16.4 Å². The molecule has 2 amide bonds. The molecule has 1 aromatic carbocycles. The van der Waals surface area contributed by atoms with Crippen molar-refractivity contribution in [2.24, 2.45) is 17.6 Å². The fourth-order valence-electron chi connectivity index (χ4n) is 2.81. The molecule has 1 aromatic rings. The Balaban J connectivity index is 1.96. The summed E-state index contributed by atoms with van der Waals surface area (Å²) >= 11 is 0. The number of nitrogens with two attached hydrogens (primary N) is 1. The summed E-state index contributed by atoms with van der Waals surface area (Å²) in [6.07, 6.45) is 5.40. The van der Waals surface area contributed by atoms with Gasteiger partial charge in [-0.25, -0.2) is 0 Å². The van der Waals surface area contributed by atoms with Crippen LogP contribution in [-0.2, 0) is 9.59 Å². The maximum atomic E-state index is 12.3. The van der Waals surface area contributed by atoms with E-state index in [2.05, 4.69) is 10.6 Å². The van der Waals surface area contributed by atoms with Gasteiger partial charge < -0.3 is 16.4 Å². The monoisotopic (exact) mass is 317 g/mol. The van der Waals surface area contributed by atoms with Gasteiger partial charge in [0.1, 0.15) is 0 Å². The van der Waals surface area contributed by atoms with Crippen LogP contribution in [-0.4, -0.2) is 17.9 Å². The van der Waals surface area contributed by atoms with E-state index in [0.717, 1.165) is 25.7 Å². The third-order valence-electron chi connectivity index (χ3n) is 4.39. The average Bonchev–Trinajstić information content (AvgIpc) is 2.55. The van der Waals surface area contributed by atoms with Crippen LogP contribution in [0.25, 0.3) is 0 Å². The van der Waals surface area contributed by atoms with Crippen LogP contribution in [0.4, 0.5) is 11.4 Å². The van der Waals surface area contributed by atoms with Crippen molar-refractivity contribution in [3.8, 4) is 0 Å². The Morgan fingerprint density at radius 2 is 1.70 bits per heavy atom. The molecule has 0 aromatic heterocycles. The van der Waals surface area contributed by atoms with Crippen molar-refractivity contribution in [2.45, 2.75) is 52.0 Å². The summed E-state index contributed by atoms with van der Waals surface area (Å²) in [6.45, 7) is 3.82. The summed E-state index contributed by atoms with van der Waals surface area (Å²) in [4.78, 5) is 24.3. The molecule has 23 heavy (non-hydrogen) atoms. The van der Waals surface area contributed by atoms with Crippen molar-refractivity contribution in [3.05, 3.63) is 24.3 Å². The van der Waals surface area contributed by atoms with E-state index < -0.39 is 6.04 Å². The fraction of sp³-hybridized carbons (Fsp3) is 0.556. The molecular weight excluding hydrogens is 290 g/mol. The summed E-state index contributed by atoms with van der Waals surface area (Å²) in [6, 6.07) is 6.66. The first-order chi connectivity index (χ1) is 11.0. The van der Waals surface area contributed by atoms with Crippen molar-refractivity contribution in [1.82, 2.24) is 0 Å². The van der Waals surface area contributed by atoms with E-state index in [9.17, 15) is 9.59 Å². The highest BCUT2D eigenvalue weighted by atomic mass is 16.2. The summed E-state index contributed by atoms with van der Waals surface area (Å²) < 4.78 is 0. The van der Waals surface area contributed by atoms with Crippen LogP contribution in [0.3, 0.4) is 0 Å². The van der Waals surface area contributed by atoms with Crippen LogP contribution >= 0.6 is 0 Å². The number of hydrogen-bond acceptors (Lipinski definition) is 3. The minimum absolute atomic E-state index is 0.0733. The van der Waals surface area contributed by atoms with Crippen molar-refractivity contribution >= 4 is 23.2 Å². The third-order valence-corrected chi connectivity index (χ3v) is 4.39. The number of rotatable bonds is 5. The number of hydrogen-bond donors (Lipinski definition) is 3. The van der Waals surface area contributed by atoms with Gasteiger partial charge in [-0.1, -0.05) is 39.2 Å². The first kappa shape index (κ1) is 17.5. The van der Waals surface area contributed by atoms with Crippen molar-refractivity contribution < 1.29 is 9.59 Å². The number of anilines is 2. The van der Waals surface area contributed by atoms with E-state index in [4.69, 9.17) is 5.73 Å². The molecule has 0 unspecified atom stereocenters. The molecule has 0 aliphatic heterocycles. The van der Waals surface area contributed by atoms with Gasteiger partial charge in [-0.3, -0.25) is 9.59 Å². The molecule has 1 saturated carbocycles. The van der Waals surface area contributed by atoms with Gasteiger partial charge in [-0.2, -0.15) is 0 Å². The van der Waals surface area contributed by atoms with E-state index >= 15 is 0 Å². The first-order valence-electron chi connectivity index (χ1n) is 8.44. The minimum atomic E-state index is -0.546. The van der Waals surface area contributed by atoms with Gasteiger partial charge in [0, 0.05) is 17.3 Å². The largest absolute Gasteiger partial charge is 0.326 e. The lowest BCUT2D eigenvalue weighted by Gasteiger charge is -2.21. The second-order valence-electron chi connectivity index (χ2n) is 6.66. The molecule has 1 atom stereocenters. The molecule has 0 bridgehead atoms. The lowest BCUT2D eigenvalue weighted by atomic mass is 9.88. The summed E-state index contributed by atoms with van der Waals surface area (Å²) in [5.74, 6) is 0.0448. The smallest absolute Gasteiger partial charge is 0.241 e. The Bertz CT molecular complexity index is 551. The maximum Gasteiger partial charge on any atom is 0.241 e. The first-order valence-corrected chi connectivity index (χ1v) is 8.44. The fourth-order valence-corrected chi connectivity index (χ4v) is 2.81. The van der Waals surface area contributed by atoms with Crippen LogP contribution in [0.15, 0.2) is 24.3 Å². The molecule has 0 heterocycles. The lowest BCUT2D eigenvalue weighted by molar-refractivity contribution is -0.120. The molecule has 5 heteroatoms. The molecule has 1 aliphatic rings. The molecular formula is C18H27N3O2. The van der Waals surface area contributed by atoms with E-state index in [0.29, 0.717) is 11.4 Å². The molecule has 5 nitrogen and oxygen atoms in total. The molecule has 1 fully saturated rings. The van der Waals surface area contributed by atoms with E-state index in [1.165, 1.54) is 6.42 Å². The maximum absolute atomic E-state index is 12.3. The summed E-state index contributed by atoms with van der Waals surface area (Å²) in [5.41, 5.74) is 7.19. The highest BCUT2D eigenvalue weighted by Gasteiger charge is 2.21. The van der Waals surface area contributed by atoms with E-state index in [-0.39, 0.29) is 23.7 Å². The molecule has 1 aliphatic carbocycles. The normalized spacial score (nSPS) is 16.9. The Hall–Kier alpha value is -1.88. The van der Waals surface area contributed by atoms with E-state index in [1.807, 2.05) is 26.0 Å². The number of carbonyl (C=O) groups is 2. The number of carbonyl (C=O) groups excluding carboxylic acids is 2. The highest BCUT2D eigenvalue weighted by molar-refractivity contribution is 5.96. The number of nitrogens with one attached hydrogen (secondary N) is 2. The Morgan fingerprint density at radius 1 is 1.09 bits per heavy atom.